The zero-order valence-corrected chi connectivity index (χ0v) is 16.2. The number of carbonyl (C=O) groups is 2. The molecule has 7 nitrogen and oxygen atoms in total. The van der Waals surface area contributed by atoms with Gasteiger partial charge in [-0.3, -0.25) is 9.59 Å². The summed E-state index contributed by atoms with van der Waals surface area (Å²) in [4.78, 5) is 36.3. The molecule has 2 rings (SSSR count). The lowest BCUT2D eigenvalue weighted by molar-refractivity contribution is -0.145. The first-order chi connectivity index (χ1) is 12.8. The summed E-state index contributed by atoms with van der Waals surface area (Å²) in [5, 5.41) is 7.31. The van der Waals surface area contributed by atoms with E-state index in [0.717, 1.165) is 4.68 Å². The maximum Gasteiger partial charge on any atom is 0.328 e. The molecule has 0 unspecified atom stereocenters. The van der Waals surface area contributed by atoms with Crippen LogP contribution in [0, 0.1) is 5.92 Å². The molecule has 0 aliphatic heterocycles. The summed E-state index contributed by atoms with van der Waals surface area (Å²) < 4.78 is 5.77. The zero-order valence-electron chi connectivity index (χ0n) is 15.4. The molecule has 0 radical (unpaired) electrons. The maximum atomic E-state index is 12.3. The fraction of sp³-hybridized carbons (Fsp3) is 0.368. The van der Waals surface area contributed by atoms with Crippen LogP contribution in [0.5, 0.6) is 0 Å². The van der Waals surface area contributed by atoms with E-state index >= 15 is 0 Å². The van der Waals surface area contributed by atoms with Crippen molar-refractivity contribution in [3.05, 3.63) is 51.8 Å². The highest BCUT2D eigenvalue weighted by Crippen LogP contribution is 2.24. The van der Waals surface area contributed by atoms with E-state index in [2.05, 4.69) is 10.4 Å². The normalized spacial score (nSPS) is 11.9. The van der Waals surface area contributed by atoms with Gasteiger partial charge in [0, 0.05) is 11.6 Å². The third kappa shape index (κ3) is 5.65. The van der Waals surface area contributed by atoms with Crippen LogP contribution >= 0.6 is 11.6 Å². The van der Waals surface area contributed by atoms with Crippen molar-refractivity contribution < 1.29 is 14.3 Å². The number of carbonyl (C=O) groups excluding carboxylic acids is 2. The van der Waals surface area contributed by atoms with Gasteiger partial charge in [-0.25, -0.2) is 9.48 Å². The van der Waals surface area contributed by atoms with Gasteiger partial charge in [-0.1, -0.05) is 43.6 Å². The molecule has 0 bridgehead atoms. The summed E-state index contributed by atoms with van der Waals surface area (Å²) in [5.74, 6) is -0.849. The quantitative estimate of drug-likeness (QED) is 0.731. The minimum absolute atomic E-state index is 0.179. The van der Waals surface area contributed by atoms with Crippen LogP contribution < -0.4 is 10.9 Å². The Morgan fingerprint density at radius 1 is 1.22 bits per heavy atom. The molecular formula is C19H22ClN3O4. The van der Waals surface area contributed by atoms with E-state index in [1.807, 2.05) is 13.8 Å². The molecule has 0 saturated carbocycles. The molecule has 1 aromatic heterocycles. The Labute approximate surface area is 162 Å². The average Bonchev–Trinajstić information content (AvgIpc) is 2.62. The van der Waals surface area contributed by atoms with Crippen molar-refractivity contribution in [2.24, 2.45) is 5.92 Å². The van der Waals surface area contributed by atoms with Gasteiger partial charge in [0.1, 0.15) is 12.6 Å². The first kappa shape index (κ1) is 20.6. The van der Waals surface area contributed by atoms with Gasteiger partial charge in [-0.2, -0.15) is 5.10 Å². The molecule has 1 atom stereocenters. The minimum Gasteiger partial charge on any atom is -0.467 e. The summed E-state index contributed by atoms with van der Waals surface area (Å²) in [6.45, 7) is 3.55. The van der Waals surface area contributed by atoms with Crippen molar-refractivity contribution in [1.82, 2.24) is 15.1 Å². The summed E-state index contributed by atoms with van der Waals surface area (Å²) in [6, 6.07) is 9.18. The molecule has 1 amide bonds. The lowest BCUT2D eigenvalue weighted by atomic mass is 10.0. The zero-order chi connectivity index (χ0) is 20.0. The Morgan fingerprint density at radius 3 is 2.56 bits per heavy atom. The standard InChI is InChI=1S/C19H22ClN3O4/c1-12(2)10-16(19(26)27-3)21-17(24)11-23-18(25)9-8-15(22-23)13-6-4-5-7-14(13)20/h4-9,12,16H,10-11H2,1-3H3,(H,21,24)/t16-/m1/s1. The summed E-state index contributed by atoms with van der Waals surface area (Å²) >= 11 is 6.17. The monoisotopic (exact) mass is 391 g/mol. The van der Waals surface area contributed by atoms with Crippen molar-refractivity contribution in [2.45, 2.75) is 32.9 Å². The van der Waals surface area contributed by atoms with Gasteiger partial charge in [0.05, 0.1) is 17.8 Å². The number of methoxy groups -OCH3 is 1. The van der Waals surface area contributed by atoms with E-state index < -0.39 is 23.5 Å². The van der Waals surface area contributed by atoms with Gasteiger partial charge in [0.25, 0.3) is 5.56 Å². The molecule has 1 heterocycles. The Hall–Kier alpha value is -2.67. The SMILES string of the molecule is COC(=O)[C@@H](CC(C)C)NC(=O)Cn1nc(-c2ccccc2Cl)ccc1=O. The number of nitrogens with one attached hydrogen (secondary N) is 1. The fourth-order valence-electron chi connectivity index (χ4n) is 2.58. The first-order valence-corrected chi connectivity index (χ1v) is 8.90. The number of esters is 1. The van der Waals surface area contributed by atoms with Crippen LogP contribution in [0.15, 0.2) is 41.2 Å². The topological polar surface area (TPSA) is 90.3 Å². The number of aromatic nitrogens is 2. The average molecular weight is 392 g/mol. The molecule has 0 aliphatic rings. The van der Waals surface area contributed by atoms with Crippen LogP contribution in [-0.4, -0.2) is 34.8 Å². The largest absolute Gasteiger partial charge is 0.467 e. The van der Waals surface area contributed by atoms with Gasteiger partial charge in [-0.05, 0) is 24.5 Å². The summed E-state index contributed by atoms with van der Waals surface area (Å²) in [6.07, 6.45) is 0.431. The van der Waals surface area contributed by atoms with Crippen molar-refractivity contribution >= 4 is 23.5 Å². The molecule has 0 saturated heterocycles. The minimum atomic E-state index is -0.773. The second-order valence-corrected chi connectivity index (χ2v) is 6.87. The van der Waals surface area contributed by atoms with Crippen molar-refractivity contribution in [2.75, 3.05) is 7.11 Å². The predicted molar refractivity (Wildman–Crippen MR) is 102 cm³/mol. The number of ether oxygens (including phenoxy) is 1. The fourth-order valence-corrected chi connectivity index (χ4v) is 2.81. The highest BCUT2D eigenvalue weighted by molar-refractivity contribution is 6.33. The van der Waals surface area contributed by atoms with Gasteiger partial charge in [0.15, 0.2) is 0 Å². The molecule has 2 aromatic rings. The predicted octanol–water partition coefficient (Wildman–Crippen LogP) is 2.27. The molecule has 8 heteroatoms. The van der Waals surface area contributed by atoms with E-state index in [0.29, 0.717) is 22.7 Å². The van der Waals surface area contributed by atoms with E-state index in [-0.39, 0.29) is 12.5 Å². The molecule has 0 spiro atoms. The number of benzene rings is 1. The first-order valence-electron chi connectivity index (χ1n) is 8.52. The van der Waals surface area contributed by atoms with E-state index in [9.17, 15) is 14.4 Å². The lowest BCUT2D eigenvalue weighted by Gasteiger charge is -2.18. The molecule has 1 N–H and O–H groups in total. The number of nitrogens with zero attached hydrogens (tertiary/aromatic N) is 2. The van der Waals surface area contributed by atoms with E-state index in [1.165, 1.54) is 13.2 Å². The molecule has 144 valence electrons. The third-order valence-corrected chi connectivity index (χ3v) is 4.17. The third-order valence-electron chi connectivity index (χ3n) is 3.84. The van der Waals surface area contributed by atoms with Gasteiger partial charge in [-0.15, -0.1) is 0 Å². The van der Waals surface area contributed by atoms with Crippen LogP contribution in [0.4, 0.5) is 0 Å². The number of rotatable bonds is 7. The van der Waals surface area contributed by atoms with Crippen LogP contribution in [0.1, 0.15) is 20.3 Å². The van der Waals surface area contributed by atoms with Gasteiger partial charge < -0.3 is 10.1 Å². The Kier molecular flexibility index (Phi) is 7.12. The van der Waals surface area contributed by atoms with Gasteiger partial charge >= 0.3 is 5.97 Å². The smallest absolute Gasteiger partial charge is 0.328 e. The number of amides is 1. The van der Waals surface area contributed by atoms with Crippen molar-refractivity contribution in [3.8, 4) is 11.3 Å². The Balaban J connectivity index is 2.20. The maximum absolute atomic E-state index is 12.3. The Morgan fingerprint density at radius 2 is 1.93 bits per heavy atom. The van der Waals surface area contributed by atoms with E-state index in [1.54, 1.807) is 30.3 Å². The summed E-state index contributed by atoms with van der Waals surface area (Å²) in [7, 11) is 1.26. The number of hydrogen-bond acceptors (Lipinski definition) is 5. The van der Waals surface area contributed by atoms with Crippen LogP contribution in [0.3, 0.4) is 0 Å². The molecule has 27 heavy (non-hydrogen) atoms. The van der Waals surface area contributed by atoms with Crippen molar-refractivity contribution in [1.29, 1.82) is 0 Å². The highest BCUT2D eigenvalue weighted by Gasteiger charge is 2.23. The van der Waals surface area contributed by atoms with Crippen LogP contribution in [-0.2, 0) is 20.9 Å². The lowest BCUT2D eigenvalue weighted by Crippen LogP contribution is -2.44. The second-order valence-electron chi connectivity index (χ2n) is 6.47. The second kappa shape index (κ2) is 9.32. The number of halogens is 1. The van der Waals surface area contributed by atoms with Crippen molar-refractivity contribution in [3.63, 3.8) is 0 Å². The van der Waals surface area contributed by atoms with Crippen LogP contribution in [0.2, 0.25) is 5.02 Å². The summed E-state index contributed by atoms with van der Waals surface area (Å²) in [5.41, 5.74) is 0.694. The molecular weight excluding hydrogens is 370 g/mol. The Bertz CT molecular complexity index is 879. The van der Waals surface area contributed by atoms with Crippen LogP contribution in [0.25, 0.3) is 11.3 Å². The highest BCUT2D eigenvalue weighted by atomic mass is 35.5. The molecule has 0 fully saturated rings. The molecule has 1 aromatic carbocycles. The molecule has 0 aliphatic carbocycles. The van der Waals surface area contributed by atoms with E-state index in [4.69, 9.17) is 16.3 Å². The number of hydrogen-bond donors (Lipinski definition) is 1. The van der Waals surface area contributed by atoms with Gasteiger partial charge in [0.2, 0.25) is 5.91 Å².